The fourth-order valence-electron chi connectivity index (χ4n) is 3.45. The molecule has 25 heavy (non-hydrogen) atoms. The third kappa shape index (κ3) is 3.14. The monoisotopic (exact) mass is 335 g/mol. The van der Waals surface area contributed by atoms with Crippen LogP contribution in [0.4, 0.5) is 0 Å². The Balaban J connectivity index is 1.69. The second-order valence-corrected chi connectivity index (χ2v) is 6.62. The highest BCUT2D eigenvalue weighted by Gasteiger charge is 2.27. The number of hydrogen-bond donors (Lipinski definition) is 0. The van der Waals surface area contributed by atoms with Gasteiger partial charge in [-0.2, -0.15) is 4.98 Å². The Morgan fingerprint density at radius 3 is 3.00 bits per heavy atom. The Hall–Kier alpha value is -2.69. The molecule has 2 aromatic heterocycles. The van der Waals surface area contributed by atoms with Crippen molar-refractivity contribution in [3.05, 3.63) is 71.4 Å². The Kier molecular flexibility index (Phi) is 4.22. The average Bonchev–Trinajstić information content (AvgIpc) is 3.16. The molecule has 2 aliphatic rings. The number of nitrogens with zero attached hydrogens (tertiary/aromatic N) is 3. The molecule has 0 aliphatic heterocycles. The van der Waals surface area contributed by atoms with Crippen molar-refractivity contribution in [1.82, 2.24) is 15.1 Å². The summed E-state index contributed by atoms with van der Waals surface area (Å²) in [6.45, 7) is 4.29. The fraction of sp³-hybridized carbons (Fsp3) is 0.350. The van der Waals surface area contributed by atoms with Crippen molar-refractivity contribution in [1.29, 1.82) is 0 Å². The number of allylic oxidation sites excluding steroid dienone is 4. The third-order valence-electron chi connectivity index (χ3n) is 4.77. The minimum atomic E-state index is -0.346. The van der Waals surface area contributed by atoms with Gasteiger partial charge >= 0.3 is 0 Å². The topological polar surface area (TPSA) is 61.0 Å². The lowest BCUT2D eigenvalue weighted by atomic mass is 9.93. The standard InChI is InChI=1S/C20H21N3O2/c1-13-5-3-6-15(11-13)19(20-22-12-24-23-20)25-18-9-8-17-16(14(18)2)7-4-10-21-17/h3-4,6-7,10-13,19H,5,8-9H2,1-2H3. The molecule has 2 heterocycles. The summed E-state index contributed by atoms with van der Waals surface area (Å²) >= 11 is 0. The van der Waals surface area contributed by atoms with Gasteiger partial charge in [0.25, 0.3) is 0 Å². The summed E-state index contributed by atoms with van der Waals surface area (Å²) in [5, 5.41) is 4.03. The van der Waals surface area contributed by atoms with Crippen molar-refractivity contribution < 1.29 is 9.26 Å². The predicted octanol–water partition coefficient (Wildman–Crippen LogP) is 4.42. The van der Waals surface area contributed by atoms with Gasteiger partial charge in [-0.15, -0.1) is 0 Å². The molecule has 4 rings (SSSR count). The summed E-state index contributed by atoms with van der Waals surface area (Å²) in [6, 6.07) is 4.07. The molecule has 0 N–H and O–H groups in total. The minimum absolute atomic E-state index is 0.346. The first kappa shape index (κ1) is 15.8. The SMILES string of the molecule is CC1=C(OC(C2=CC(C)CC=C2)c2ncon2)CCc2ncccc21. The van der Waals surface area contributed by atoms with Gasteiger partial charge in [0, 0.05) is 23.9 Å². The normalized spacial score (nSPS) is 20.9. The molecule has 2 unspecified atom stereocenters. The van der Waals surface area contributed by atoms with Gasteiger partial charge in [-0.1, -0.05) is 36.4 Å². The van der Waals surface area contributed by atoms with E-state index in [0.29, 0.717) is 11.7 Å². The minimum Gasteiger partial charge on any atom is -0.482 e. The van der Waals surface area contributed by atoms with Crippen LogP contribution in [0.1, 0.15) is 49.9 Å². The van der Waals surface area contributed by atoms with Crippen LogP contribution in [0.25, 0.3) is 5.57 Å². The Bertz CT molecular complexity index is 850. The molecule has 2 aliphatic carbocycles. The molecule has 0 radical (unpaired) electrons. The maximum absolute atomic E-state index is 6.44. The number of aryl methyl sites for hydroxylation is 1. The molecule has 5 heteroatoms. The number of aromatic nitrogens is 3. The summed E-state index contributed by atoms with van der Waals surface area (Å²) in [5.41, 5.74) is 4.51. The van der Waals surface area contributed by atoms with Gasteiger partial charge in [0.05, 0.1) is 0 Å². The van der Waals surface area contributed by atoms with E-state index >= 15 is 0 Å². The third-order valence-corrected chi connectivity index (χ3v) is 4.77. The van der Waals surface area contributed by atoms with E-state index in [1.165, 1.54) is 6.39 Å². The maximum atomic E-state index is 6.44. The molecule has 0 fully saturated rings. The quantitative estimate of drug-likeness (QED) is 0.827. The van der Waals surface area contributed by atoms with Gasteiger partial charge in [0.1, 0.15) is 5.76 Å². The van der Waals surface area contributed by atoms with Crippen molar-refractivity contribution in [2.45, 2.75) is 39.2 Å². The number of fused-ring (bicyclic) bond motifs is 1. The van der Waals surface area contributed by atoms with E-state index in [9.17, 15) is 0 Å². The first-order valence-corrected chi connectivity index (χ1v) is 8.67. The molecule has 0 saturated heterocycles. The van der Waals surface area contributed by atoms with Crippen molar-refractivity contribution >= 4 is 5.57 Å². The lowest BCUT2D eigenvalue weighted by Gasteiger charge is -2.26. The summed E-state index contributed by atoms with van der Waals surface area (Å²) < 4.78 is 11.4. The zero-order chi connectivity index (χ0) is 17.2. The van der Waals surface area contributed by atoms with Crippen LogP contribution in [0.3, 0.4) is 0 Å². The Labute approximate surface area is 147 Å². The van der Waals surface area contributed by atoms with Crippen molar-refractivity contribution in [2.75, 3.05) is 0 Å². The molecular formula is C20H21N3O2. The van der Waals surface area contributed by atoms with Crippen LogP contribution in [0.2, 0.25) is 0 Å². The van der Waals surface area contributed by atoms with E-state index in [4.69, 9.17) is 9.26 Å². The lowest BCUT2D eigenvalue weighted by molar-refractivity contribution is 0.131. The predicted molar refractivity (Wildman–Crippen MR) is 94.3 cm³/mol. The highest BCUT2D eigenvalue weighted by atomic mass is 16.5. The van der Waals surface area contributed by atoms with Gasteiger partial charge < -0.3 is 9.26 Å². The van der Waals surface area contributed by atoms with Crippen LogP contribution in [0.15, 0.2) is 58.8 Å². The van der Waals surface area contributed by atoms with Crippen molar-refractivity contribution in [2.24, 2.45) is 5.92 Å². The van der Waals surface area contributed by atoms with Crippen LogP contribution in [0.5, 0.6) is 0 Å². The second-order valence-electron chi connectivity index (χ2n) is 6.62. The van der Waals surface area contributed by atoms with E-state index in [-0.39, 0.29) is 6.10 Å². The Morgan fingerprint density at radius 1 is 1.28 bits per heavy atom. The van der Waals surface area contributed by atoms with Crippen LogP contribution >= 0.6 is 0 Å². The van der Waals surface area contributed by atoms with E-state index in [0.717, 1.165) is 47.4 Å². The van der Waals surface area contributed by atoms with Gasteiger partial charge in [-0.25, -0.2) is 0 Å². The van der Waals surface area contributed by atoms with E-state index < -0.39 is 0 Å². The fourth-order valence-corrected chi connectivity index (χ4v) is 3.45. The number of pyridine rings is 1. The van der Waals surface area contributed by atoms with E-state index in [1.807, 2.05) is 12.3 Å². The number of hydrogen-bond acceptors (Lipinski definition) is 5. The molecular weight excluding hydrogens is 314 g/mol. The summed E-state index contributed by atoms with van der Waals surface area (Å²) in [4.78, 5) is 8.72. The molecule has 2 aromatic rings. The molecule has 0 spiro atoms. The van der Waals surface area contributed by atoms with Gasteiger partial charge in [0.15, 0.2) is 6.10 Å². The number of rotatable bonds is 4. The van der Waals surface area contributed by atoms with Crippen LogP contribution in [-0.4, -0.2) is 15.1 Å². The first-order chi connectivity index (χ1) is 12.2. The summed E-state index contributed by atoms with van der Waals surface area (Å²) in [5.74, 6) is 2.01. The highest BCUT2D eigenvalue weighted by molar-refractivity contribution is 5.69. The van der Waals surface area contributed by atoms with Crippen molar-refractivity contribution in [3.63, 3.8) is 0 Å². The molecule has 5 nitrogen and oxygen atoms in total. The zero-order valence-corrected chi connectivity index (χ0v) is 14.5. The summed E-state index contributed by atoms with van der Waals surface area (Å²) in [6.07, 6.45) is 12.1. The van der Waals surface area contributed by atoms with Crippen LogP contribution in [0, 0.1) is 5.92 Å². The number of ether oxygens (including phenoxy) is 1. The van der Waals surface area contributed by atoms with Crippen LogP contribution < -0.4 is 0 Å². The molecule has 0 saturated carbocycles. The maximum Gasteiger partial charge on any atom is 0.217 e. The largest absolute Gasteiger partial charge is 0.482 e. The van der Waals surface area contributed by atoms with Gasteiger partial charge in [-0.3, -0.25) is 4.98 Å². The zero-order valence-electron chi connectivity index (χ0n) is 14.5. The Morgan fingerprint density at radius 2 is 2.20 bits per heavy atom. The van der Waals surface area contributed by atoms with E-state index in [1.54, 1.807) is 0 Å². The molecule has 0 bridgehead atoms. The molecule has 0 aromatic carbocycles. The molecule has 0 amide bonds. The smallest absolute Gasteiger partial charge is 0.217 e. The lowest BCUT2D eigenvalue weighted by Crippen LogP contribution is -2.14. The average molecular weight is 335 g/mol. The highest BCUT2D eigenvalue weighted by Crippen LogP contribution is 2.37. The van der Waals surface area contributed by atoms with E-state index in [2.05, 4.69) is 53.3 Å². The van der Waals surface area contributed by atoms with Crippen LogP contribution in [-0.2, 0) is 11.2 Å². The van der Waals surface area contributed by atoms with Gasteiger partial charge in [0.2, 0.25) is 12.2 Å². The summed E-state index contributed by atoms with van der Waals surface area (Å²) in [7, 11) is 0. The first-order valence-electron chi connectivity index (χ1n) is 8.67. The van der Waals surface area contributed by atoms with Crippen molar-refractivity contribution in [3.8, 4) is 0 Å². The molecule has 2 atom stereocenters. The second kappa shape index (κ2) is 6.67. The van der Waals surface area contributed by atoms with Gasteiger partial charge in [-0.05, 0) is 42.9 Å². The molecule has 128 valence electrons.